The second-order valence-corrected chi connectivity index (χ2v) is 3.24. The quantitative estimate of drug-likeness (QED) is 0.801. The summed E-state index contributed by atoms with van der Waals surface area (Å²) in [6, 6.07) is 2.07. The van der Waals surface area contributed by atoms with Crippen molar-refractivity contribution in [3.63, 3.8) is 0 Å². The molecule has 4 heteroatoms. The van der Waals surface area contributed by atoms with E-state index in [1.54, 1.807) is 0 Å². The Kier molecular flexibility index (Phi) is 2.45. The summed E-state index contributed by atoms with van der Waals surface area (Å²) in [7, 11) is 0. The molecule has 0 saturated heterocycles. The molecule has 14 heavy (non-hydrogen) atoms. The van der Waals surface area contributed by atoms with E-state index in [4.69, 9.17) is 4.52 Å². The largest absolute Gasteiger partial charge is 0.336 e. The van der Waals surface area contributed by atoms with Crippen molar-refractivity contribution >= 4 is 11.1 Å². The Balaban J connectivity index is 2.34. The van der Waals surface area contributed by atoms with Crippen LogP contribution in [0.4, 0.5) is 0 Å². The summed E-state index contributed by atoms with van der Waals surface area (Å²) in [6.07, 6.45) is 1.82. The van der Waals surface area contributed by atoms with E-state index in [-0.39, 0.29) is 0 Å². The van der Waals surface area contributed by atoms with Crippen LogP contribution in [0.5, 0.6) is 0 Å². The summed E-state index contributed by atoms with van der Waals surface area (Å²) in [5, 5.41) is 8.11. The van der Waals surface area contributed by atoms with Crippen LogP contribution in [0.1, 0.15) is 18.2 Å². The average molecular weight is 191 g/mol. The Morgan fingerprint density at radius 3 is 3.14 bits per heavy atom. The molecule has 2 rings (SSSR count). The minimum absolute atomic E-state index is 0.614. The molecule has 0 saturated carbocycles. The minimum Gasteiger partial charge on any atom is -0.336 e. The van der Waals surface area contributed by atoms with E-state index < -0.39 is 0 Å². The highest BCUT2D eigenvalue weighted by Crippen LogP contribution is 2.16. The van der Waals surface area contributed by atoms with Gasteiger partial charge in [0.25, 0.3) is 5.71 Å². The van der Waals surface area contributed by atoms with Crippen molar-refractivity contribution in [1.29, 1.82) is 0 Å². The van der Waals surface area contributed by atoms with Crippen LogP contribution in [0.25, 0.3) is 11.1 Å². The minimum atomic E-state index is 0.614. The molecule has 0 radical (unpaired) electrons. The van der Waals surface area contributed by atoms with E-state index in [9.17, 15) is 0 Å². The third-order valence-electron chi connectivity index (χ3n) is 2.15. The number of nitrogens with one attached hydrogen (secondary N) is 1. The predicted octanol–water partition coefficient (Wildman–Crippen LogP) is 1.64. The molecule has 4 nitrogen and oxygen atoms in total. The van der Waals surface area contributed by atoms with Gasteiger partial charge in [0.1, 0.15) is 0 Å². The number of rotatable bonds is 3. The third-order valence-corrected chi connectivity index (χ3v) is 2.15. The molecule has 0 amide bonds. The normalized spacial score (nSPS) is 11.0. The molecule has 2 heterocycles. The monoisotopic (exact) mass is 191 g/mol. The number of fused-ring (bicyclic) bond motifs is 1. The Morgan fingerprint density at radius 2 is 2.36 bits per heavy atom. The van der Waals surface area contributed by atoms with Crippen LogP contribution >= 0.6 is 0 Å². The molecule has 74 valence electrons. The number of nitrogens with zero attached hydrogens (tertiary/aromatic N) is 2. The summed E-state index contributed by atoms with van der Waals surface area (Å²) in [6.45, 7) is 5.80. The molecule has 0 bridgehead atoms. The van der Waals surface area contributed by atoms with Crippen molar-refractivity contribution in [2.45, 2.75) is 20.4 Å². The zero-order valence-corrected chi connectivity index (χ0v) is 8.37. The standard InChI is InChI=1S/C10H13N3O/c1-3-11-5-8-4-9-7(2)13-14-10(9)12-6-8/h4,6,11H,3,5H2,1-2H3. The number of hydrogen-bond acceptors (Lipinski definition) is 4. The van der Waals surface area contributed by atoms with Gasteiger partial charge in [-0.1, -0.05) is 12.1 Å². The van der Waals surface area contributed by atoms with Crippen molar-refractivity contribution in [2.24, 2.45) is 0 Å². The average Bonchev–Trinajstić information content (AvgIpc) is 2.57. The van der Waals surface area contributed by atoms with Gasteiger partial charge in [-0.05, 0) is 25.1 Å². The summed E-state index contributed by atoms with van der Waals surface area (Å²) < 4.78 is 5.03. The smallest absolute Gasteiger partial charge is 0.257 e. The summed E-state index contributed by atoms with van der Waals surface area (Å²) in [5.74, 6) is 0. The molecule has 1 N–H and O–H groups in total. The predicted molar refractivity (Wildman–Crippen MR) is 53.9 cm³/mol. The van der Waals surface area contributed by atoms with Gasteiger partial charge >= 0.3 is 0 Å². The lowest BCUT2D eigenvalue weighted by molar-refractivity contribution is 0.443. The van der Waals surface area contributed by atoms with Crippen LogP contribution in [-0.4, -0.2) is 16.7 Å². The van der Waals surface area contributed by atoms with Gasteiger partial charge in [0.05, 0.1) is 11.1 Å². The lowest BCUT2D eigenvalue weighted by atomic mass is 10.2. The molecular formula is C10H13N3O. The van der Waals surface area contributed by atoms with Crippen molar-refractivity contribution in [2.75, 3.05) is 6.54 Å². The zero-order valence-electron chi connectivity index (χ0n) is 8.37. The second-order valence-electron chi connectivity index (χ2n) is 3.24. The molecule has 0 spiro atoms. The molecule has 2 aromatic rings. The lowest BCUT2D eigenvalue weighted by Gasteiger charge is -2.00. The fourth-order valence-electron chi connectivity index (χ4n) is 1.35. The van der Waals surface area contributed by atoms with Gasteiger partial charge in [0, 0.05) is 12.7 Å². The summed E-state index contributed by atoms with van der Waals surface area (Å²) >= 11 is 0. The second kappa shape index (κ2) is 3.75. The summed E-state index contributed by atoms with van der Waals surface area (Å²) in [4.78, 5) is 4.19. The Labute approximate surface area is 82.3 Å². The van der Waals surface area contributed by atoms with Gasteiger partial charge in [-0.3, -0.25) is 0 Å². The van der Waals surface area contributed by atoms with Crippen LogP contribution < -0.4 is 5.32 Å². The number of hydrogen-bond donors (Lipinski definition) is 1. The molecule has 0 unspecified atom stereocenters. The van der Waals surface area contributed by atoms with E-state index in [0.717, 1.165) is 29.7 Å². The Bertz CT molecular complexity index is 436. The van der Waals surface area contributed by atoms with Crippen LogP contribution in [0.3, 0.4) is 0 Å². The Morgan fingerprint density at radius 1 is 1.50 bits per heavy atom. The van der Waals surface area contributed by atoms with Crippen molar-refractivity contribution in [1.82, 2.24) is 15.5 Å². The van der Waals surface area contributed by atoms with E-state index in [1.807, 2.05) is 13.1 Å². The van der Waals surface area contributed by atoms with E-state index in [0.29, 0.717) is 5.71 Å². The van der Waals surface area contributed by atoms with Gasteiger partial charge in [0.2, 0.25) is 0 Å². The maximum atomic E-state index is 5.03. The third kappa shape index (κ3) is 1.61. The van der Waals surface area contributed by atoms with Crippen LogP contribution in [0.2, 0.25) is 0 Å². The Hall–Kier alpha value is -1.42. The molecule has 0 aliphatic rings. The van der Waals surface area contributed by atoms with Gasteiger partial charge < -0.3 is 9.84 Å². The van der Waals surface area contributed by atoms with Crippen LogP contribution in [-0.2, 0) is 6.54 Å². The zero-order chi connectivity index (χ0) is 9.97. The van der Waals surface area contributed by atoms with Gasteiger partial charge in [-0.25, -0.2) is 4.98 Å². The SMILES string of the molecule is CCNCc1cnc2onc(C)c2c1. The molecule has 0 aromatic carbocycles. The van der Waals surface area contributed by atoms with Crippen LogP contribution in [0, 0.1) is 6.92 Å². The van der Waals surface area contributed by atoms with Crippen molar-refractivity contribution in [3.05, 3.63) is 23.5 Å². The molecular weight excluding hydrogens is 178 g/mol. The van der Waals surface area contributed by atoms with Gasteiger partial charge in [-0.15, -0.1) is 0 Å². The highest BCUT2D eigenvalue weighted by molar-refractivity contribution is 5.75. The van der Waals surface area contributed by atoms with Gasteiger partial charge in [0.15, 0.2) is 0 Å². The summed E-state index contributed by atoms with van der Waals surface area (Å²) in [5.41, 5.74) is 2.67. The molecule has 0 atom stereocenters. The maximum Gasteiger partial charge on any atom is 0.257 e. The highest BCUT2D eigenvalue weighted by atomic mass is 16.5. The maximum absolute atomic E-state index is 5.03. The van der Waals surface area contributed by atoms with E-state index >= 15 is 0 Å². The van der Waals surface area contributed by atoms with E-state index in [2.05, 4.69) is 28.4 Å². The molecule has 0 aliphatic carbocycles. The lowest BCUT2D eigenvalue weighted by Crippen LogP contribution is -2.11. The first-order valence-electron chi connectivity index (χ1n) is 4.73. The fourth-order valence-corrected chi connectivity index (χ4v) is 1.35. The first-order valence-corrected chi connectivity index (χ1v) is 4.73. The van der Waals surface area contributed by atoms with E-state index in [1.165, 1.54) is 0 Å². The van der Waals surface area contributed by atoms with Crippen molar-refractivity contribution in [3.8, 4) is 0 Å². The fraction of sp³-hybridized carbons (Fsp3) is 0.400. The molecule has 0 aliphatic heterocycles. The topological polar surface area (TPSA) is 51.0 Å². The first-order chi connectivity index (χ1) is 6.81. The number of aromatic nitrogens is 2. The number of pyridine rings is 1. The van der Waals surface area contributed by atoms with Crippen LogP contribution in [0.15, 0.2) is 16.8 Å². The van der Waals surface area contributed by atoms with Gasteiger partial charge in [-0.2, -0.15) is 0 Å². The molecule has 0 fully saturated rings. The molecule has 2 aromatic heterocycles. The number of aryl methyl sites for hydroxylation is 1. The van der Waals surface area contributed by atoms with Crippen molar-refractivity contribution < 1.29 is 4.52 Å². The first kappa shape index (κ1) is 9.15. The highest BCUT2D eigenvalue weighted by Gasteiger charge is 2.05.